The van der Waals surface area contributed by atoms with E-state index in [9.17, 15) is 4.79 Å². The van der Waals surface area contributed by atoms with Crippen molar-refractivity contribution in [2.45, 2.75) is 19.6 Å². The third kappa shape index (κ3) is 5.03. The van der Waals surface area contributed by atoms with Crippen LogP contribution in [0.4, 0.5) is 5.82 Å². The molecule has 1 amide bonds. The molecule has 8 heteroatoms. The Balaban J connectivity index is 1.34. The molecular formula is C22H26N6O2. The van der Waals surface area contributed by atoms with E-state index in [0.29, 0.717) is 13.1 Å². The zero-order chi connectivity index (χ0) is 20.8. The molecule has 30 heavy (non-hydrogen) atoms. The molecule has 8 nitrogen and oxygen atoms in total. The number of carbonyl (C=O) groups is 1. The molecule has 0 bridgehead atoms. The monoisotopic (exact) mass is 406 g/mol. The molecule has 2 heterocycles. The number of amides is 1. The lowest BCUT2D eigenvalue weighted by Crippen LogP contribution is -2.35. The summed E-state index contributed by atoms with van der Waals surface area (Å²) in [5.74, 6) is -0.0681. The lowest BCUT2D eigenvalue weighted by molar-refractivity contribution is 0.0342. The molecule has 0 spiro atoms. The van der Waals surface area contributed by atoms with Crippen molar-refractivity contribution in [3.8, 4) is 0 Å². The number of nitrogens with one attached hydrogen (secondary N) is 1. The molecule has 156 valence electrons. The van der Waals surface area contributed by atoms with Gasteiger partial charge in [0.05, 0.1) is 19.8 Å². The Labute approximate surface area is 175 Å². The summed E-state index contributed by atoms with van der Waals surface area (Å²) in [7, 11) is 0. The highest BCUT2D eigenvalue weighted by molar-refractivity contribution is 5.96. The summed E-state index contributed by atoms with van der Waals surface area (Å²) in [6.07, 6.45) is 0. The first-order valence-electron chi connectivity index (χ1n) is 10.1. The van der Waals surface area contributed by atoms with Crippen molar-refractivity contribution in [3.05, 3.63) is 77.0 Å². The van der Waals surface area contributed by atoms with Crippen molar-refractivity contribution in [1.82, 2.24) is 25.2 Å². The van der Waals surface area contributed by atoms with Crippen LogP contribution in [-0.2, 0) is 24.4 Å². The maximum Gasteiger partial charge on any atom is 0.275 e. The van der Waals surface area contributed by atoms with Gasteiger partial charge in [-0.2, -0.15) is 0 Å². The van der Waals surface area contributed by atoms with Gasteiger partial charge in [0.15, 0.2) is 11.5 Å². The maximum absolute atomic E-state index is 12.4. The summed E-state index contributed by atoms with van der Waals surface area (Å²) in [6.45, 7) is 5.31. The number of aromatic nitrogens is 3. The smallest absolute Gasteiger partial charge is 0.275 e. The molecule has 4 rings (SSSR count). The Kier molecular flexibility index (Phi) is 6.36. The first-order chi connectivity index (χ1) is 14.7. The van der Waals surface area contributed by atoms with Gasteiger partial charge in [0.25, 0.3) is 5.91 Å². The van der Waals surface area contributed by atoms with E-state index in [-0.39, 0.29) is 17.4 Å². The summed E-state index contributed by atoms with van der Waals surface area (Å²) in [4.78, 5) is 14.8. The normalized spacial score (nSPS) is 14.5. The second-order valence-corrected chi connectivity index (χ2v) is 7.35. The number of nitrogens with two attached hydrogens (primary N) is 1. The number of benzene rings is 2. The van der Waals surface area contributed by atoms with Gasteiger partial charge in [-0.1, -0.05) is 59.8 Å². The average molecular weight is 406 g/mol. The van der Waals surface area contributed by atoms with Gasteiger partial charge in [0, 0.05) is 26.2 Å². The van der Waals surface area contributed by atoms with Crippen LogP contribution in [0.3, 0.4) is 0 Å². The van der Waals surface area contributed by atoms with E-state index in [1.54, 1.807) is 4.68 Å². The first-order valence-corrected chi connectivity index (χ1v) is 10.1. The molecule has 0 unspecified atom stereocenters. The van der Waals surface area contributed by atoms with Gasteiger partial charge in [0.2, 0.25) is 0 Å². The largest absolute Gasteiger partial charge is 0.382 e. The summed E-state index contributed by atoms with van der Waals surface area (Å²) in [5.41, 5.74) is 9.60. The van der Waals surface area contributed by atoms with Gasteiger partial charge < -0.3 is 15.8 Å². The topological polar surface area (TPSA) is 98.3 Å². The van der Waals surface area contributed by atoms with Gasteiger partial charge in [-0.15, -0.1) is 5.10 Å². The van der Waals surface area contributed by atoms with Crippen molar-refractivity contribution >= 4 is 11.7 Å². The molecule has 0 atom stereocenters. The molecular weight excluding hydrogens is 380 g/mol. The minimum absolute atomic E-state index is 0.148. The van der Waals surface area contributed by atoms with Gasteiger partial charge in [0.1, 0.15) is 0 Å². The van der Waals surface area contributed by atoms with Gasteiger partial charge in [-0.3, -0.25) is 9.69 Å². The third-order valence-corrected chi connectivity index (χ3v) is 5.15. The van der Waals surface area contributed by atoms with E-state index < -0.39 is 0 Å². The zero-order valence-electron chi connectivity index (χ0n) is 16.8. The standard InChI is InChI=1S/C22H26N6O2/c23-21-20(22(29)24-14-17-4-2-1-3-5-17)25-26-28(21)16-19-8-6-18(7-9-19)15-27-10-12-30-13-11-27/h1-9H,10-16,23H2,(H,24,29). The fraction of sp³-hybridized carbons (Fsp3) is 0.318. The molecule has 1 aliphatic heterocycles. The van der Waals surface area contributed by atoms with E-state index in [4.69, 9.17) is 10.5 Å². The highest BCUT2D eigenvalue weighted by Crippen LogP contribution is 2.13. The minimum atomic E-state index is -0.330. The molecule has 1 saturated heterocycles. The Morgan fingerprint density at radius 1 is 0.967 bits per heavy atom. The summed E-state index contributed by atoms with van der Waals surface area (Å²) < 4.78 is 6.94. The predicted octanol–water partition coefficient (Wildman–Crippen LogP) is 1.67. The van der Waals surface area contributed by atoms with Crippen LogP contribution in [-0.4, -0.2) is 52.1 Å². The van der Waals surface area contributed by atoms with Crippen LogP contribution in [0.15, 0.2) is 54.6 Å². The van der Waals surface area contributed by atoms with Crippen LogP contribution in [0.25, 0.3) is 0 Å². The van der Waals surface area contributed by atoms with Crippen LogP contribution >= 0.6 is 0 Å². The number of hydrogen-bond donors (Lipinski definition) is 2. The van der Waals surface area contributed by atoms with Crippen LogP contribution in [0.5, 0.6) is 0 Å². The second kappa shape index (κ2) is 9.51. The summed E-state index contributed by atoms with van der Waals surface area (Å²) >= 11 is 0. The second-order valence-electron chi connectivity index (χ2n) is 7.35. The quantitative estimate of drug-likeness (QED) is 0.619. The molecule has 0 aliphatic carbocycles. The Morgan fingerprint density at radius 2 is 1.63 bits per heavy atom. The van der Waals surface area contributed by atoms with Crippen molar-refractivity contribution in [3.63, 3.8) is 0 Å². The highest BCUT2D eigenvalue weighted by Gasteiger charge is 2.17. The fourth-order valence-corrected chi connectivity index (χ4v) is 3.40. The van der Waals surface area contributed by atoms with Crippen molar-refractivity contribution in [1.29, 1.82) is 0 Å². The fourth-order valence-electron chi connectivity index (χ4n) is 3.40. The molecule has 1 aliphatic rings. The molecule has 1 fully saturated rings. The van der Waals surface area contributed by atoms with E-state index >= 15 is 0 Å². The van der Waals surface area contributed by atoms with Crippen LogP contribution in [0.1, 0.15) is 27.2 Å². The predicted molar refractivity (Wildman–Crippen MR) is 114 cm³/mol. The van der Waals surface area contributed by atoms with Crippen LogP contribution < -0.4 is 11.1 Å². The first kappa shape index (κ1) is 20.1. The van der Waals surface area contributed by atoms with E-state index in [2.05, 4.69) is 44.8 Å². The number of nitrogens with zero attached hydrogens (tertiary/aromatic N) is 4. The molecule has 3 N–H and O–H groups in total. The molecule has 0 saturated carbocycles. The summed E-state index contributed by atoms with van der Waals surface area (Å²) in [5, 5.41) is 10.9. The number of hydrogen-bond acceptors (Lipinski definition) is 6. The summed E-state index contributed by atoms with van der Waals surface area (Å²) in [6, 6.07) is 18.0. The van der Waals surface area contributed by atoms with Crippen molar-refractivity contribution in [2.24, 2.45) is 0 Å². The number of ether oxygens (including phenoxy) is 1. The number of nitrogen functional groups attached to an aromatic ring is 1. The molecule has 2 aromatic carbocycles. The van der Waals surface area contributed by atoms with Gasteiger partial charge >= 0.3 is 0 Å². The maximum atomic E-state index is 12.4. The number of anilines is 1. The van der Waals surface area contributed by atoms with Crippen molar-refractivity contribution < 1.29 is 9.53 Å². The Bertz CT molecular complexity index is 965. The van der Waals surface area contributed by atoms with E-state index in [1.807, 2.05) is 30.3 Å². The Morgan fingerprint density at radius 3 is 2.33 bits per heavy atom. The molecule has 0 radical (unpaired) electrons. The SMILES string of the molecule is Nc1c(C(=O)NCc2ccccc2)nnn1Cc1ccc(CN2CCOCC2)cc1. The average Bonchev–Trinajstić information content (AvgIpc) is 3.15. The molecule has 1 aromatic heterocycles. The highest BCUT2D eigenvalue weighted by atomic mass is 16.5. The number of morpholine rings is 1. The van der Waals surface area contributed by atoms with E-state index in [1.165, 1.54) is 5.56 Å². The third-order valence-electron chi connectivity index (χ3n) is 5.15. The van der Waals surface area contributed by atoms with Gasteiger partial charge in [-0.25, -0.2) is 4.68 Å². The van der Waals surface area contributed by atoms with E-state index in [0.717, 1.165) is 44.0 Å². The molecule has 3 aromatic rings. The zero-order valence-corrected chi connectivity index (χ0v) is 16.8. The van der Waals surface area contributed by atoms with Crippen LogP contribution in [0.2, 0.25) is 0 Å². The number of carbonyl (C=O) groups excluding carboxylic acids is 1. The Hall–Kier alpha value is -3.23. The minimum Gasteiger partial charge on any atom is -0.382 e. The van der Waals surface area contributed by atoms with Crippen molar-refractivity contribution in [2.75, 3.05) is 32.0 Å². The van der Waals surface area contributed by atoms with Crippen LogP contribution in [0, 0.1) is 0 Å². The lowest BCUT2D eigenvalue weighted by atomic mass is 10.1. The lowest BCUT2D eigenvalue weighted by Gasteiger charge is -2.26. The van der Waals surface area contributed by atoms with Gasteiger partial charge in [-0.05, 0) is 16.7 Å². The number of rotatable bonds is 7.